The van der Waals surface area contributed by atoms with Gasteiger partial charge in [-0.05, 0) is 105 Å². The standard InChI is InChI=1S/C13H11BrFNO.C8H8BrF.C5H4BrNO.CH4.Na.H/c1-9(10-4-6-11(15)7-5-10)16-8-2-3-12(14)13(16)17;1-6(9)7-2-4-8(10)5-3-7;6-4-2-1-3-7-5(4)8;;;/h2-9H,1H3;2-6H,1H3;1-3H,(H,7,8);1H4;;/q;;;;+1;-1. The summed E-state index contributed by atoms with van der Waals surface area (Å²) in [7, 11) is 0. The molecular weight excluding hydrogens is 685 g/mol. The summed E-state index contributed by atoms with van der Waals surface area (Å²) in [5, 5.41) is 0. The fourth-order valence-corrected chi connectivity index (χ4v) is 3.75. The Kier molecular flexibility index (Phi) is 17.4. The van der Waals surface area contributed by atoms with Crippen LogP contribution in [0.3, 0.4) is 0 Å². The van der Waals surface area contributed by atoms with E-state index < -0.39 is 0 Å². The first-order valence-corrected chi connectivity index (χ1v) is 12.9. The molecule has 0 spiro atoms. The van der Waals surface area contributed by atoms with Gasteiger partial charge in [0.1, 0.15) is 11.6 Å². The van der Waals surface area contributed by atoms with Crippen molar-refractivity contribution in [3.8, 4) is 0 Å². The van der Waals surface area contributed by atoms with Crippen molar-refractivity contribution in [2.45, 2.75) is 32.1 Å². The van der Waals surface area contributed by atoms with E-state index in [-0.39, 0.29) is 67.2 Å². The molecule has 1 N–H and O–H groups in total. The molecule has 0 saturated carbocycles. The van der Waals surface area contributed by atoms with E-state index in [1.807, 2.05) is 13.8 Å². The second-order valence-electron chi connectivity index (χ2n) is 7.31. The molecule has 0 aliphatic rings. The Balaban J connectivity index is 0. The predicted molar refractivity (Wildman–Crippen MR) is 155 cm³/mol. The molecule has 0 amide bonds. The van der Waals surface area contributed by atoms with Gasteiger partial charge in [0.2, 0.25) is 0 Å². The van der Waals surface area contributed by atoms with Crippen molar-refractivity contribution >= 4 is 47.8 Å². The van der Waals surface area contributed by atoms with Gasteiger partial charge in [0.05, 0.1) is 15.0 Å². The number of hydrogen-bond acceptors (Lipinski definition) is 2. The zero-order chi connectivity index (χ0) is 26.0. The quantitative estimate of drug-likeness (QED) is 0.225. The van der Waals surface area contributed by atoms with Crippen molar-refractivity contribution in [3.05, 3.63) is 138 Å². The van der Waals surface area contributed by atoms with Crippen LogP contribution in [-0.2, 0) is 0 Å². The van der Waals surface area contributed by atoms with E-state index in [0.29, 0.717) is 13.8 Å². The van der Waals surface area contributed by atoms with Gasteiger partial charge in [0.25, 0.3) is 11.1 Å². The van der Waals surface area contributed by atoms with Gasteiger partial charge in [-0.25, -0.2) is 8.78 Å². The molecular formula is C27H28Br3F2N2NaO2. The summed E-state index contributed by atoms with van der Waals surface area (Å²) in [6.07, 6.45) is 3.31. The van der Waals surface area contributed by atoms with Crippen LogP contribution in [-0.4, -0.2) is 9.55 Å². The number of H-pyrrole nitrogens is 1. The first kappa shape index (κ1) is 35.6. The summed E-state index contributed by atoms with van der Waals surface area (Å²) in [6, 6.07) is 19.5. The van der Waals surface area contributed by atoms with Crippen molar-refractivity contribution in [2.75, 3.05) is 0 Å². The zero-order valence-corrected chi connectivity index (χ0v) is 26.6. The molecule has 0 radical (unpaired) electrons. The Hall–Kier alpha value is -1.36. The number of halogens is 5. The van der Waals surface area contributed by atoms with E-state index in [9.17, 15) is 18.4 Å². The van der Waals surface area contributed by atoms with Crippen LogP contribution < -0.4 is 40.7 Å². The molecule has 2 aromatic carbocycles. The molecule has 0 aliphatic carbocycles. The first-order valence-electron chi connectivity index (χ1n) is 10.4. The number of pyridine rings is 2. The number of nitrogens with one attached hydrogen (secondary N) is 1. The van der Waals surface area contributed by atoms with Gasteiger partial charge in [-0.3, -0.25) is 9.59 Å². The molecule has 0 saturated heterocycles. The Bertz CT molecular complexity index is 1340. The minimum atomic E-state index is -0.275. The van der Waals surface area contributed by atoms with Crippen LogP contribution in [0.15, 0.2) is 104 Å². The number of rotatable bonds is 3. The molecule has 0 fully saturated rings. The van der Waals surface area contributed by atoms with E-state index in [2.05, 4.69) is 52.8 Å². The Morgan fingerprint density at radius 2 is 1.30 bits per heavy atom. The van der Waals surface area contributed by atoms with E-state index in [0.717, 1.165) is 11.1 Å². The van der Waals surface area contributed by atoms with Crippen molar-refractivity contribution in [1.29, 1.82) is 0 Å². The van der Waals surface area contributed by atoms with E-state index in [1.54, 1.807) is 65.5 Å². The second-order valence-corrected chi connectivity index (χ2v) is 10.4. The van der Waals surface area contributed by atoms with Crippen LogP contribution in [0.1, 0.15) is 44.7 Å². The summed E-state index contributed by atoms with van der Waals surface area (Å²) >= 11 is 9.64. The van der Waals surface area contributed by atoms with E-state index in [1.165, 1.54) is 24.3 Å². The number of aromatic nitrogens is 2. The molecule has 4 rings (SSSR count). The third-order valence-electron chi connectivity index (χ3n) is 4.80. The van der Waals surface area contributed by atoms with Gasteiger partial charge in [0.15, 0.2) is 0 Å². The third kappa shape index (κ3) is 11.9. The summed E-state index contributed by atoms with van der Waals surface area (Å²) in [4.78, 5) is 25.2. The third-order valence-corrected chi connectivity index (χ3v) is 6.55. The van der Waals surface area contributed by atoms with Crippen molar-refractivity contribution in [1.82, 2.24) is 9.55 Å². The summed E-state index contributed by atoms with van der Waals surface area (Å²) < 4.78 is 27.9. The van der Waals surface area contributed by atoms with Gasteiger partial charge in [-0.2, -0.15) is 0 Å². The minimum absolute atomic E-state index is 0. The molecule has 2 unspecified atom stereocenters. The molecule has 4 aromatic rings. The number of hydrogen-bond donors (Lipinski definition) is 1. The second kappa shape index (κ2) is 18.0. The zero-order valence-electron chi connectivity index (χ0n) is 20.9. The van der Waals surface area contributed by atoms with Crippen LogP contribution in [0, 0.1) is 11.6 Å². The van der Waals surface area contributed by atoms with Crippen LogP contribution >= 0.6 is 47.8 Å². The summed E-state index contributed by atoms with van der Waals surface area (Å²) in [6.45, 7) is 3.91. The average Bonchev–Trinajstić information content (AvgIpc) is 2.84. The topological polar surface area (TPSA) is 54.9 Å². The van der Waals surface area contributed by atoms with Crippen molar-refractivity contribution in [3.63, 3.8) is 0 Å². The van der Waals surface area contributed by atoms with Crippen LogP contribution in [0.4, 0.5) is 8.78 Å². The molecule has 2 heterocycles. The SMILES string of the molecule is C.CC(Br)c1ccc(F)cc1.CC(c1ccc(F)cc1)n1cccc(Br)c1=O.O=c1[nH]cccc1Br.[H-].[Na+]. The van der Waals surface area contributed by atoms with Gasteiger partial charge in [-0.15, -0.1) is 0 Å². The molecule has 10 heteroatoms. The molecule has 2 atom stereocenters. The van der Waals surface area contributed by atoms with Gasteiger partial charge < -0.3 is 11.0 Å². The monoisotopic (exact) mass is 710 g/mol. The number of alkyl halides is 1. The predicted octanol–water partition coefficient (Wildman–Crippen LogP) is 5.53. The van der Waals surface area contributed by atoms with Crippen LogP contribution in [0.2, 0.25) is 0 Å². The minimum Gasteiger partial charge on any atom is -1.00 e. The number of nitrogens with zero attached hydrogens (tertiary/aromatic N) is 1. The molecule has 0 bridgehead atoms. The molecule has 4 nitrogen and oxygen atoms in total. The van der Waals surface area contributed by atoms with Crippen LogP contribution in [0.5, 0.6) is 0 Å². The summed E-state index contributed by atoms with van der Waals surface area (Å²) in [5.41, 5.74) is 1.81. The van der Waals surface area contributed by atoms with E-state index in [4.69, 9.17) is 0 Å². The maximum absolute atomic E-state index is 12.8. The van der Waals surface area contributed by atoms with Crippen molar-refractivity contribution in [2.24, 2.45) is 0 Å². The Labute approximate surface area is 264 Å². The maximum Gasteiger partial charge on any atom is 1.00 e. The number of aromatic amines is 1. The van der Waals surface area contributed by atoms with Gasteiger partial charge >= 0.3 is 29.6 Å². The van der Waals surface area contributed by atoms with Crippen molar-refractivity contribution < 1.29 is 39.8 Å². The fraction of sp³-hybridized carbons (Fsp3) is 0.185. The van der Waals surface area contributed by atoms with Crippen LogP contribution in [0.25, 0.3) is 0 Å². The molecule has 37 heavy (non-hydrogen) atoms. The summed E-state index contributed by atoms with van der Waals surface area (Å²) in [5.74, 6) is -0.459. The largest absolute Gasteiger partial charge is 1.00 e. The molecule has 0 aliphatic heterocycles. The molecule has 194 valence electrons. The molecule has 2 aromatic heterocycles. The number of benzene rings is 2. The Morgan fingerprint density at radius 3 is 1.73 bits per heavy atom. The van der Waals surface area contributed by atoms with Gasteiger partial charge in [0, 0.05) is 17.2 Å². The average molecular weight is 713 g/mol. The smallest absolute Gasteiger partial charge is 1.00 e. The normalized spacial score (nSPS) is 11.2. The van der Waals surface area contributed by atoms with E-state index >= 15 is 0 Å². The van der Waals surface area contributed by atoms with Gasteiger partial charge in [-0.1, -0.05) is 47.6 Å². The Morgan fingerprint density at radius 1 is 0.811 bits per heavy atom. The fourth-order valence-electron chi connectivity index (χ4n) is 2.82. The maximum atomic E-state index is 12.8. The first-order chi connectivity index (χ1) is 16.6.